The van der Waals surface area contributed by atoms with Crippen molar-refractivity contribution < 1.29 is 4.79 Å². The number of carbonyl (C=O) groups is 1. The molecule has 3 N–H and O–H groups in total. The number of nitrogens with two attached hydrogens (primary N) is 1. The van der Waals surface area contributed by atoms with Crippen LogP contribution < -0.4 is 11.1 Å². The second-order valence-electron chi connectivity index (χ2n) is 3.58. The molecular formula is C12H14N2OS. The highest BCUT2D eigenvalue weighted by Gasteiger charge is 2.19. The number of thiophene rings is 1. The molecule has 16 heavy (non-hydrogen) atoms. The zero-order valence-corrected chi connectivity index (χ0v) is 9.88. The van der Waals surface area contributed by atoms with Crippen molar-refractivity contribution in [1.82, 2.24) is 5.32 Å². The standard InChI is InChI=1S/C12H14N2OS/c1-2-14-11(12(13)15)9-7-16-10-6-4-3-5-8(9)10/h3-7,11,14H,2H2,1H3,(H2,13,15). The van der Waals surface area contributed by atoms with Crippen LogP contribution in [0.15, 0.2) is 29.6 Å². The minimum atomic E-state index is -0.388. The van der Waals surface area contributed by atoms with Gasteiger partial charge in [0.15, 0.2) is 0 Å². The van der Waals surface area contributed by atoms with Crippen molar-refractivity contribution in [3.05, 3.63) is 35.2 Å². The summed E-state index contributed by atoms with van der Waals surface area (Å²) >= 11 is 1.64. The monoisotopic (exact) mass is 234 g/mol. The molecule has 1 unspecified atom stereocenters. The minimum Gasteiger partial charge on any atom is -0.368 e. The first-order valence-corrected chi connectivity index (χ1v) is 6.10. The Morgan fingerprint density at radius 2 is 2.25 bits per heavy atom. The predicted octanol–water partition coefficient (Wildman–Crippen LogP) is 2.04. The second-order valence-corrected chi connectivity index (χ2v) is 4.49. The molecule has 0 spiro atoms. The van der Waals surface area contributed by atoms with Crippen molar-refractivity contribution in [3.8, 4) is 0 Å². The Hall–Kier alpha value is -1.39. The van der Waals surface area contributed by atoms with Gasteiger partial charge in [-0.25, -0.2) is 0 Å². The first-order valence-electron chi connectivity index (χ1n) is 5.23. The van der Waals surface area contributed by atoms with Crippen LogP contribution in [0.5, 0.6) is 0 Å². The number of benzene rings is 1. The van der Waals surface area contributed by atoms with E-state index in [9.17, 15) is 4.79 Å². The van der Waals surface area contributed by atoms with E-state index in [4.69, 9.17) is 5.73 Å². The van der Waals surface area contributed by atoms with Gasteiger partial charge in [-0.05, 0) is 28.9 Å². The van der Waals surface area contributed by atoms with E-state index >= 15 is 0 Å². The maximum Gasteiger partial charge on any atom is 0.239 e. The topological polar surface area (TPSA) is 55.1 Å². The van der Waals surface area contributed by atoms with Crippen LogP contribution in [0.4, 0.5) is 0 Å². The first kappa shape index (κ1) is 11.1. The van der Waals surface area contributed by atoms with Crippen molar-refractivity contribution >= 4 is 27.3 Å². The van der Waals surface area contributed by atoms with E-state index in [1.54, 1.807) is 11.3 Å². The average molecular weight is 234 g/mol. The highest BCUT2D eigenvalue weighted by atomic mass is 32.1. The summed E-state index contributed by atoms with van der Waals surface area (Å²) in [4.78, 5) is 11.4. The number of hydrogen-bond donors (Lipinski definition) is 2. The van der Waals surface area contributed by atoms with Gasteiger partial charge in [0.2, 0.25) is 5.91 Å². The first-order chi connectivity index (χ1) is 7.74. The fourth-order valence-corrected chi connectivity index (χ4v) is 2.78. The zero-order chi connectivity index (χ0) is 11.5. The molecule has 3 nitrogen and oxygen atoms in total. The van der Waals surface area contributed by atoms with Gasteiger partial charge in [0.25, 0.3) is 0 Å². The molecule has 0 saturated carbocycles. The Bertz CT molecular complexity index is 506. The summed E-state index contributed by atoms with van der Waals surface area (Å²) in [7, 11) is 0. The molecule has 0 saturated heterocycles. The fourth-order valence-electron chi connectivity index (χ4n) is 1.79. The van der Waals surface area contributed by atoms with Gasteiger partial charge in [-0.15, -0.1) is 11.3 Å². The highest BCUT2D eigenvalue weighted by molar-refractivity contribution is 7.17. The maximum atomic E-state index is 11.4. The fraction of sp³-hybridized carbons (Fsp3) is 0.250. The predicted molar refractivity (Wildman–Crippen MR) is 67.4 cm³/mol. The van der Waals surface area contributed by atoms with E-state index in [0.29, 0.717) is 0 Å². The van der Waals surface area contributed by atoms with Gasteiger partial charge in [0, 0.05) is 4.70 Å². The van der Waals surface area contributed by atoms with Crippen LogP contribution in [0.1, 0.15) is 18.5 Å². The molecule has 1 aromatic heterocycles. The molecule has 0 aliphatic heterocycles. The number of rotatable bonds is 4. The normalized spacial score (nSPS) is 12.8. The van der Waals surface area contributed by atoms with Crippen molar-refractivity contribution in [3.63, 3.8) is 0 Å². The van der Waals surface area contributed by atoms with E-state index in [1.165, 1.54) is 4.70 Å². The van der Waals surface area contributed by atoms with Gasteiger partial charge in [0.1, 0.15) is 6.04 Å². The third kappa shape index (κ3) is 1.94. The zero-order valence-electron chi connectivity index (χ0n) is 9.07. The van der Waals surface area contributed by atoms with E-state index in [0.717, 1.165) is 17.5 Å². The number of fused-ring (bicyclic) bond motifs is 1. The summed E-state index contributed by atoms with van der Waals surface area (Å²) in [5.41, 5.74) is 6.39. The lowest BCUT2D eigenvalue weighted by Gasteiger charge is -2.13. The lowest BCUT2D eigenvalue weighted by atomic mass is 10.1. The Kier molecular flexibility index (Phi) is 3.22. The smallest absolute Gasteiger partial charge is 0.239 e. The molecule has 0 bridgehead atoms. The van der Waals surface area contributed by atoms with E-state index < -0.39 is 0 Å². The Morgan fingerprint density at radius 3 is 2.94 bits per heavy atom. The van der Waals surface area contributed by atoms with Crippen molar-refractivity contribution in [2.45, 2.75) is 13.0 Å². The van der Waals surface area contributed by atoms with E-state index in [-0.39, 0.29) is 11.9 Å². The van der Waals surface area contributed by atoms with Crippen molar-refractivity contribution in [1.29, 1.82) is 0 Å². The number of likely N-dealkylation sites (N-methyl/N-ethyl adjacent to an activating group) is 1. The van der Waals surface area contributed by atoms with E-state index in [2.05, 4.69) is 5.32 Å². The molecule has 0 fully saturated rings. The number of primary amides is 1. The molecule has 0 aliphatic rings. The van der Waals surface area contributed by atoms with Crippen LogP contribution >= 0.6 is 11.3 Å². The second kappa shape index (κ2) is 4.63. The minimum absolute atomic E-state index is 0.328. The molecule has 2 aromatic rings. The van der Waals surface area contributed by atoms with Crippen LogP contribution in [0.3, 0.4) is 0 Å². The molecule has 2 rings (SSSR count). The summed E-state index contributed by atoms with van der Waals surface area (Å²) in [5.74, 6) is -0.328. The van der Waals surface area contributed by atoms with Gasteiger partial charge >= 0.3 is 0 Å². The molecule has 1 aromatic carbocycles. The highest BCUT2D eigenvalue weighted by Crippen LogP contribution is 2.29. The molecule has 0 aliphatic carbocycles. The Balaban J connectivity index is 2.48. The molecule has 0 radical (unpaired) electrons. The maximum absolute atomic E-state index is 11.4. The van der Waals surface area contributed by atoms with E-state index in [1.807, 2.05) is 36.6 Å². The molecule has 1 amide bonds. The number of hydrogen-bond acceptors (Lipinski definition) is 3. The summed E-state index contributed by atoms with van der Waals surface area (Å²) in [5, 5.41) is 6.22. The van der Waals surface area contributed by atoms with Crippen LogP contribution in [0, 0.1) is 0 Å². The van der Waals surface area contributed by atoms with Gasteiger partial charge in [-0.3, -0.25) is 4.79 Å². The third-order valence-corrected chi connectivity index (χ3v) is 3.50. The number of amides is 1. The molecule has 4 heteroatoms. The summed E-state index contributed by atoms with van der Waals surface area (Å²) < 4.78 is 1.18. The molecule has 1 atom stereocenters. The average Bonchev–Trinajstić information content (AvgIpc) is 2.69. The van der Waals surface area contributed by atoms with Gasteiger partial charge in [0.05, 0.1) is 0 Å². The van der Waals surface area contributed by atoms with Crippen LogP contribution in [0.25, 0.3) is 10.1 Å². The van der Waals surface area contributed by atoms with Gasteiger partial charge < -0.3 is 11.1 Å². The van der Waals surface area contributed by atoms with Gasteiger partial charge in [-0.2, -0.15) is 0 Å². The largest absolute Gasteiger partial charge is 0.368 e. The lowest BCUT2D eigenvalue weighted by molar-refractivity contribution is -0.120. The summed E-state index contributed by atoms with van der Waals surface area (Å²) in [6.07, 6.45) is 0. The summed E-state index contributed by atoms with van der Waals surface area (Å²) in [6.45, 7) is 2.68. The number of carbonyl (C=O) groups excluding carboxylic acids is 1. The lowest BCUT2D eigenvalue weighted by Crippen LogP contribution is -2.33. The van der Waals surface area contributed by atoms with Crippen LogP contribution in [0.2, 0.25) is 0 Å². The quantitative estimate of drug-likeness (QED) is 0.850. The third-order valence-electron chi connectivity index (χ3n) is 2.51. The molecule has 1 heterocycles. The number of nitrogens with one attached hydrogen (secondary N) is 1. The Morgan fingerprint density at radius 1 is 1.50 bits per heavy atom. The SMILES string of the molecule is CCNC(C(N)=O)c1csc2ccccc12. The van der Waals surface area contributed by atoms with Gasteiger partial charge in [-0.1, -0.05) is 25.1 Å². The van der Waals surface area contributed by atoms with Crippen molar-refractivity contribution in [2.24, 2.45) is 5.73 Å². The van der Waals surface area contributed by atoms with Crippen LogP contribution in [-0.4, -0.2) is 12.5 Å². The van der Waals surface area contributed by atoms with Crippen molar-refractivity contribution in [2.75, 3.05) is 6.54 Å². The summed E-state index contributed by atoms with van der Waals surface area (Å²) in [6, 6.07) is 7.65. The molecular weight excluding hydrogens is 220 g/mol. The molecule has 84 valence electrons. The Labute approximate surface area is 98.3 Å². The van der Waals surface area contributed by atoms with Crippen LogP contribution in [-0.2, 0) is 4.79 Å².